The lowest BCUT2D eigenvalue weighted by atomic mass is 10.3. The van der Waals surface area contributed by atoms with E-state index >= 15 is 0 Å². The molecule has 1 aromatic carbocycles. The second kappa shape index (κ2) is 4.49. The summed E-state index contributed by atoms with van der Waals surface area (Å²) >= 11 is 0. The van der Waals surface area contributed by atoms with Crippen LogP contribution >= 0.6 is 0 Å². The van der Waals surface area contributed by atoms with Crippen LogP contribution in [0.2, 0.25) is 0 Å². The highest BCUT2D eigenvalue weighted by atomic mass is 16.5. The van der Waals surface area contributed by atoms with E-state index in [0.717, 1.165) is 28.5 Å². The van der Waals surface area contributed by atoms with E-state index < -0.39 is 0 Å². The average Bonchev–Trinajstić information content (AvgIpc) is 2.59. The van der Waals surface area contributed by atoms with Crippen LogP contribution in [0.15, 0.2) is 24.3 Å². The van der Waals surface area contributed by atoms with Gasteiger partial charge in [-0.15, -0.1) is 0 Å². The number of nitrogens with zero attached hydrogens (tertiary/aromatic N) is 2. The fraction of sp³-hybridized carbons (Fsp3) is 0.308. The maximum atomic E-state index is 5.91. The number of rotatable bonds is 3. The molecule has 4 heteroatoms. The van der Waals surface area contributed by atoms with Gasteiger partial charge in [0.05, 0.1) is 29.4 Å². The molecule has 0 radical (unpaired) electrons. The number of nitrogen functional groups attached to an aromatic ring is 1. The zero-order chi connectivity index (χ0) is 12.4. The zero-order valence-electron chi connectivity index (χ0n) is 10.4. The van der Waals surface area contributed by atoms with Crippen molar-refractivity contribution in [3.8, 4) is 11.4 Å². The minimum Gasteiger partial charge on any atom is -0.494 e. The molecule has 4 nitrogen and oxygen atoms in total. The van der Waals surface area contributed by atoms with Crippen LogP contribution in [0.25, 0.3) is 5.69 Å². The van der Waals surface area contributed by atoms with Crippen molar-refractivity contribution in [3.05, 3.63) is 35.7 Å². The van der Waals surface area contributed by atoms with E-state index in [2.05, 4.69) is 5.10 Å². The van der Waals surface area contributed by atoms with Gasteiger partial charge in [-0.2, -0.15) is 5.10 Å². The highest BCUT2D eigenvalue weighted by Crippen LogP contribution is 2.21. The number of hydrogen-bond donors (Lipinski definition) is 1. The van der Waals surface area contributed by atoms with Crippen molar-refractivity contribution in [2.24, 2.45) is 0 Å². The standard InChI is InChI=1S/C13H17N3O/c1-4-17-12-7-5-11(6-8-12)16-10(3)13(14)9(2)15-16/h5-8H,4,14H2,1-3H3. The van der Waals surface area contributed by atoms with E-state index in [-0.39, 0.29) is 0 Å². The number of aromatic nitrogens is 2. The second-order valence-electron chi connectivity index (χ2n) is 3.92. The van der Waals surface area contributed by atoms with Gasteiger partial charge in [0.2, 0.25) is 0 Å². The minimum atomic E-state index is 0.673. The third-order valence-electron chi connectivity index (χ3n) is 2.74. The Bertz CT molecular complexity index is 514. The largest absolute Gasteiger partial charge is 0.494 e. The molecule has 0 saturated heterocycles. The molecule has 2 N–H and O–H groups in total. The van der Waals surface area contributed by atoms with E-state index in [9.17, 15) is 0 Å². The fourth-order valence-electron chi connectivity index (χ4n) is 1.76. The summed E-state index contributed by atoms with van der Waals surface area (Å²) < 4.78 is 7.25. The fourth-order valence-corrected chi connectivity index (χ4v) is 1.76. The zero-order valence-corrected chi connectivity index (χ0v) is 10.4. The van der Waals surface area contributed by atoms with Crippen LogP contribution in [0.3, 0.4) is 0 Å². The predicted molar refractivity (Wildman–Crippen MR) is 68.6 cm³/mol. The van der Waals surface area contributed by atoms with Gasteiger partial charge in [-0.05, 0) is 45.0 Å². The number of aryl methyl sites for hydroxylation is 1. The molecule has 0 aliphatic carbocycles. The molecule has 0 fully saturated rings. The molecule has 0 unspecified atom stereocenters. The first-order valence-electron chi connectivity index (χ1n) is 5.68. The molecule has 1 heterocycles. The van der Waals surface area contributed by atoms with Crippen molar-refractivity contribution in [3.63, 3.8) is 0 Å². The topological polar surface area (TPSA) is 53.1 Å². The van der Waals surface area contributed by atoms with Crippen LogP contribution in [0, 0.1) is 13.8 Å². The summed E-state index contributed by atoms with van der Waals surface area (Å²) in [6, 6.07) is 7.82. The molecule has 0 aliphatic heterocycles. The Labute approximate surface area is 101 Å². The maximum absolute atomic E-state index is 5.91. The van der Waals surface area contributed by atoms with Gasteiger partial charge in [-0.1, -0.05) is 0 Å². The first-order valence-corrected chi connectivity index (χ1v) is 5.68. The van der Waals surface area contributed by atoms with E-state index in [1.54, 1.807) is 0 Å². The van der Waals surface area contributed by atoms with Crippen molar-refractivity contribution in [2.45, 2.75) is 20.8 Å². The molecule has 17 heavy (non-hydrogen) atoms. The minimum absolute atomic E-state index is 0.673. The molecule has 0 bridgehead atoms. The van der Waals surface area contributed by atoms with Gasteiger partial charge in [0.25, 0.3) is 0 Å². The summed E-state index contributed by atoms with van der Waals surface area (Å²) in [7, 11) is 0. The summed E-state index contributed by atoms with van der Waals surface area (Å²) in [6.07, 6.45) is 0. The predicted octanol–water partition coefficient (Wildman–Crippen LogP) is 2.47. The number of ether oxygens (including phenoxy) is 1. The molecular weight excluding hydrogens is 214 g/mol. The Kier molecular flexibility index (Phi) is 3.04. The molecule has 0 saturated carbocycles. The second-order valence-corrected chi connectivity index (χ2v) is 3.92. The van der Waals surface area contributed by atoms with Crippen molar-refractivity contribution in [1.29, 1.82) is 0 Å². The SMILES string of the molecule is CCOc1ccc(-n2nc(C)c(N)c2C)cc1. The first kappa shape index (κ1) is 11.5. The quantitative estimate of drug-likeness (QED) is 0.882. The Morgan fingerprint density at radius 1 is 1.24 bits per heavy atom. The summed E-state index contributed by atoms with van der Waals surface area (Å²) in [4.78, 5) is 0. The molecule has 0 aliphatic rings. The molecular formula is C13H17N3O. The Hall–Kier alpha value is -1.97. The molecule has 1 aromatic heterocycles. The number of anilines is 1. The van der Waals surface area contributed by atoms with E-state index in [4.69, 9.17) is 10.5 Å². The van der Waals surface area contributed by atoms with Gasteiger partial charge in [0.1, 0.15) is 5.75 Å². The van der Waals surface area contributed by atoms with Crippen LogP contribution in [0.4, 0.5) is 5.69 Å². The van der Waals surface area contributed by atoms with Crippen molar-refractivity contribution < 1.29 is 4.74 Å². The van der Waals surface area contributed by atoms with Crippen LogP contribution < -0.4 is 10.5 Å². The van der Waals surface area contributed by atoms with Crippen molar-refractivity contribution >= 4 is 5.69 Å². The lowest BCUT2D eigenvalue weighted by molar-refractivity contribution is 0.340. The van der Waals surface area contributed by atoms with E-state index in [0.29, 0.717) is 6.61 Å². The van der Waals surface area contributed by atoms with Gasteiger partial charge in [0, 0.05) is 0 Å². The summed E-state index contributed by atoms with van der Waals surface area (Å²) in [5, 5.41) is 4.41. The van der Waals surface area contributed by atoms with Crippen LogP contribution in [0.1, 0.15) is 18.3 Å². The van der Waals surface area contributed by atoms with Crippen LogP contribution in [-0.2, 0) is 0 Å². The smallest absolute Gasteiger partial charge is 0.119 e. The van der Waals surface area contributed by atoms with Gasteiger partial charge in [-0.25, -0.2) is 4.68 Å². The van der Waals surface area contributed by atoms with Crippen molar-refractivity contribution in [2.75, 3.05) is 12.3 Å². The molecule has 90 valence electrons. The van der Waals surface area contributed by atoms with Gasteiger partial charge >= 0.3 is 0 Å². The summed E-state index contributed by atoms with van der Waals surface area (Å²) in [6.45, 7) is 6.51. The Balaban J connectivity index is 2.36. The lowest BCUT2D eigenvalue weighted by Gasteiger charge is -2.06. The normalized spacial score (nSPS) is 10.5. The lowest BCUT2D eigenvalue weighted by Crippen LogP contribution is -2.00. The van der Waals surface area contributed by atoms with Crippen LogP contribution in [-0.4, -0.2) is 16.4 Å². The molecule has 0 spiro atoms. The Morgan fingerprint density at radius 3 is 2.35 bits per heavy atom. The molecule has 0 amide bonds. The van der Waals surface area contributed by atoms with E-state index in [1.165, 1.54) is 0 Å². The summed E-state index contributed by atoms with van der Waals surface area (Å²) in [5.74, 6) is 0.866. The number of nitrogens with two attached hydrogens (primary N) is 1. The van der Waals surface area contributed by atoms with E-state index in [1.807, 2.05) is 49.7 Å². The third kappa shape index (κ3) is 2.11. The number of benzene rings is 1. The summed E-state index contributed by atoms with van der Waals surface area (Å²) in [5.41, 5.74) is 9.47. The monoisotopic (exact) mass is 231 g/mol. The average molecular weight is 231 g/mol. The Morgan fingerprint density at radius 2 is 1.88 bits per heavy atom. The van der Waals surface area contributed by atoms with Crippen molar-refractivity contribution in [1.82, 2.24) is 9.78 Å². The molecule has 2 aromatic rings. The van der Waals surface area contributed by atoms with Gasteiger partial charge in [0.15, 0.2) is 0 Å². The third-order valence-corrected chi connectivity index (χ3v) is 2.74. The van der Waals surface area contributed by atoms with Gasteiger partial charge in [-0.3, -0.25) is 0 Å². The van der Waals surface area contributed by atoms with Crippen LogP contribution in [0.5, 0.6) is 5.75 Å². The number of hydrogen-bond acceptors (Lipinski definition) is 3. The highest BCUT2D eigenvalue weighted by molar-refractivity contribution is 5.51. The van der Waals surface area contributed by atoms with Gasteiger partial charge < -0.3 is 10.5 Å². The maximum Gasteiger partial charge on any atom is 0.119 e. The highest BCUT2D eigenvalue weighted by Gasteiger charge is 2.09. The first-order chi connectivity index (χ1) is 8.13. The molecule has 0 atom stereocenters. The molecule has 2 rings (SSSR count).